The second-order valence-electron chi connectivity index (χ2n) is 4.48. The molecule has 0 saturated heterocycles. The van der Waals surface area contributed by atoms with Crippen molar-refractivity contribution in [2.45, 2.75) is 25.9 Å². The van der Waals surface area contributed by atoms with Crippen LogP contribution in [0.3, 0.4) is 0 Å². The summed E-state index contributed by atoms with van der Waals surface area (Å²) in [5.74, 6) is 0.464. The third kappa shape index (κ3) is 2.83. The molecule has 1 aromatic heterocycles. The average Bonchev–Trinajstić information content (AvgIpc) is 2.70. The van der Waals surface area contributed by atoms with Gasteiger partial charge in [-0.25, -0.2) is 0 Å². The summed E-state index contributed by atoms with van der Waals surface area (Å²) in [6, 6.07) is 3.35. The van der Waals surface area contributed by atoms with E-state index in [2.05, 4.69) is 26.1 Å². The maximum atomic E-state index is 12.8. The molecule has 0 unspecified atom stereocenters. The largest absolute Gasteiger partial charge is 0.416 e. The van der Waals surface area contributed by atoms with Crippen LogP contribution >= 0.6 is 27.5 Å². The first kappa shape index (κ1) is 15.3. The number of alkyl halides is 3. The van der Waals surface area contributed by atoms with Crippen molar-refractivity contribution < 1.29 is 13.2 Å². The fraction of sp³-hybridized carbons (Fsp3) is 0.333. The summed E-state index contributed by atoms with van der Waals surface area (Å²) in [4.78, 5) is 0. The Morgan fingerprint density at radius 1 is 1.25 bits per heavy atom. The van der Waals surface area contributed by atoms with Crippen LogP contribution in [0.2, 0.25) is 5.28 Å². The van der Waals surface area contributed by atoms with Gasteiger partial charge in [-0.1, -0.05) is 13.8 Å². The molecule has 3 nitrogen and oxygen atoms in total. The van der Waals surface area contributed by atoms with Gasteiger partial charge in [0, 0.05) is 10.4 Å². The van der Waals surface area contributed by atoms with Crippen LogP contribution in [0.5, 0.6) is 0 Å². The second kappa shape index (κ2) is 5.37. The Bertz CT molecular complexity index is 637. The van der Waals surface area contributed by atoms with E-state index in [4.69, 9.17) is 11.6 Å². The lowest BCUT2D eigenvalue weighted by Gasteiger charge is -2.14. The highest BCUT2D eigenvalue weighted by molar-refractivity contribution is 9.10. The molecule has 0 aliphatic rings. The van der Waals surface area contributed by atoms with Crippen LogP contribution in [0.1, 0.15) is 31.2 Å². The van der Waals surface area contributed by atoms with Crippen molar-refractivity contribution in [3.63, 3.8) is 0 Å². The first-order chi connectivity index (χ1) is 9.21. The van der Waals surface area contributed by atoms with Gasteiger partial charge >= 0.3 is 6.18 Å². The highest BCUT2D eigenvalue weighted by Gasteiger charge is 2.31. The fourth-order valence-corrected chi connectivity index (χ4v) is 2.37. The molecule has 1 aromatic carbocycles. The topological polar surface area (TPSA) is 30.7 Å². The van der Waals surface area contributed by atoms with Crippen LogP contribution < -0.4 is 0 Å². The lowest BCUT2D eigenvalue weighted by molar-refractivity contribution is -0.137. The Labute approximate surface area is 126 Å². The number of rotatable bonds is 2. The quantitative estimate of drug-likeness (QED) is 0.760. The van der Waals surface area contributed by atoms with E-state index in [1.165, 1.54) is 10.6 Å². The number of hydrogen-bond donors (Lipinski definition) is 0. The van der Waals surface area contributed by atoms with Gasteiger partial charge in [-0.3, -0.25) is 4.57 Å². The van der Waals surface area contributed by atoms with Crippen molar-refractivity contribution in [1.82, 2.24) is 14.8 Å². The van der Waals surface area contributed by atoms with Gasteiger partial charge < -0.3 is 0 Å². The zero-order valence-electron chi connectivity index (χ0n) is 10.5. The van der Waals surface area contributed by atoms with Gasteiger partial charge in [0.15, 0.2) is 0 Å². The van der Waals surface area contributed by atoms with Crippen LogP contribution in [0.15, 0.2) is 22.7 Å². The fourth-order valence-electron chi connectivity index (χ4n) is 1.73. The van der Waals surface area contributed by atoms with Crippen molar-refractivity contribution in [2.24, 2.45) is 0 Å². The van der Waals surface area contributed by atoms with Gasteiger partial charge in [0.2, 0.25) is 5.28 Å². The van der Waals surface area contributed by atoms with E-state index in [9.17, 15) is 13.2 Å². The molecule has 0 amide bonds. The van der Waals surface area contributed by atoms with Gasteiger partial charge in [-0.2, -0.15) is 13.2 Å². The lowest BCUT2D eigenvalue weighted by atomic mass is 10.1. The molecule has 0 aliphatic heterocycles. The molecule has 2 aromatic rings. The summed E-state index contributed by atoms with van der Waals surface area (Å²) in [6.07, 6.45) is -4.42. The molecule has 0 bridgehead atoms. The van der Waals surface area contributed by atoms with Crippen LogP contribution in [0.4, 0.5) is 13.2 Å². The third-order valence-electron chi connectivity index (χ3n) is 2.68. The summed E-state index contributed by atoms with van der Waals surface area (Å²) in [5, 5.41) is 7.65. The highest BCUT2D eigenvalue weighted by Crippen LogP contribution is 2.35. The van der Waals surface area contributed by atoms with Crippen molar-refractivity contribution in [2.75, 3.05) is 0 Å². The molecule has 0 fully saturated rings. The van der Waals surface area contributed by atoms with Crippen LogP contribution in [0.25, 0.3) is 5.69 Å². The zero-order valence-corrected chi connectivity index (χ0v) is 12.9. The van der Waals surface area contributed by atoms with Crippen LogP contribution in [-0.2, 0) is 6.18 Å². The van der Waals surface area contributed by atoms with Gasteiger partial charge in [0.1, 0.15) is 5.82 Å². The Hall–Kier alpha value is -1.08. The second-order valence-corrected chi connectivity index (χ2v) is 5.67. The average molecular weight is 369 g/mol. The number of benzene rings is 1. The van der Waals surface area contributed by atoms with Gasteiger partial charge in [-0.05, 0) is 45.7 Å². The summed E-state index contributed by atoms with van der Waals surface area (Å²) >= 11 is 9.18. The van der Waals surface area contributed by atoms with E-state index < -0.39 is 11.7 Å². The molecule has 0 spiro atoms. The van der Waals surface area contributed by atoms with E-state index in [0.717, 1.165) is 12.1 Å². The number of nitrogens with zero attached hydrogens (tertiary/aromatic N) is 3. The minimum absolute atomic E-state index is 0.0220. The predicted molar refractivity (Wildman–Crippen MR) is 73.2 cm³/mol. The number of halogens is 5. The van der Waals surface area contributed by atoms with Gasteiger partial charge in [0.05, 0.1) is 11.3 Å². The summed E-state index contributed by atoms with van der Waals surface area (Å²) < 4.78 is 40.3. The van der Waals surface area contributed by atoms with Crippen molar-refractivity contribution in [3.8, 4) is 5.69 Å². The van der Waals surface area contributed by atoms with Crippen LogP contribution in [-0.4, -0.2) is 14.8 Å². The minimum atomic E-state index is -4.42. The molecule has 0 atom stereocenters. The Morgan fingerprint density at radius 2 is 1.90 bits per heavy atom. The van der Waals surface area contributed by atoms with E-state index in [0.29, 0.717) is 10.3 Å². The monoisotopic (exact) mass is 367 g/mol. The Morgan fingerprint density at radius 3 is 2.45 bits per heavy atom. The van der Waals surface area contributed by atoms with E-state index in [1.807, 2.05) is 13.8 Å². The zero-order chi connectivity index (χ0) is 15.1. The SMILES string of the molecule is CC(C)c1nnc(Cl)n1-c1cc(C(F)(F)F)ccc1Br. The summed E-state index contributed by atoms with van der Waals surface area (Å²) in [7, 11) is 0. The summed E-state index contributed by atoms with van der Waals surface area (Å²) in [5.41, 5.74) is -0.492. The molecule has 0 N–H and O–H groups in total. The predicted octanol–water partition coefficient (Wildman–Crippen LogP) is 4.83. The maximum absolute atomic E-state index is 12.8. The van der Waals surface area contributed by atoms with E-state index >= 15 is 0 Å². The maximum Gasteiger partial charge on any atom is 0.416 e. The molecule has 0 aliphatic carbocycles. The van der Waals surface area contributed by atoms with E-state index in [1.54, 1.807) is 0 Å². The van der Waals surface area contributed by atoms with Crippen molar-refractivity contribution in [3.05, 3.63) is 39.3 Å². The minimum Gasteiger partial charge on any atom is -0.268 e. The summed E-state index contributed by atoms with van der Waals surface area (Å²) in [6.45, 7) is 3.72. The molecule has 2 rings (SSSR count). The molecule has 108 valence electrons. The third-order valence-corrected chi connectivity index (χ3v) is 3.59. The normalized spacial score (nSPS) is 12.2. The number of hydrogen-bond acceptors (Lipinski definition) is 2. The van der Waals surface area contributed by atoms with E-state index in [-0.39, 0.29) is 16.9 Å². The molecule has 20 heavy (non-hydrogen) atoms. The molecular formula is C12H10BrClF3N3. The Kier molecular flexibility index (Phi) is 4.11. The Balaban J connectivity index is 2.67. The molecule has 0 radical (unpaired) electrons. The molecular weight excluding hydrogens is 359 g/mol. The van der Waals surface area contributed by atoms with Gasteiger partial charge in [-0.15, -0.1) is 10.2 Å². The highest BCUT2D eigenvalue weighted by atomic mass is 79.9. The molecule has 0 saturated carbocycles. The molecule has 8 heteroatoms. The number of aromatic nitrogens is 3. The van der Waals surface area contributed by atoms with Crippen molar-refractivity contribution in [1.29, 1.82) is 0 Å². The van der Waals surface area contributed by atoms with Crippen molar-refractivity contribution >= 4 is 27.5 Å². The van der Waals surface area contributed by atoms with Gasteiger partial charge in [0.25, 0.3) is 0 Å². The standard InChI is InChI=1S/C12H10BrClF3N3/c1-6(2)10-18-19-11(14)20(10)9-5-7(12(15,16)17)3-4-8(9)13/h3-6H,1-2H3. The molecule has 1 heterocycles. The first-order valence-electron chi connectivity index (χ1n) is 5.69. The lowest BCUT2D eigenvalue weighted by Crippen LogP contribution is -2.09. The smallest absolute Gasteiger partial charge is 0.268 e. The first-order valence-corrected chi connectivity index (χ1v) is 6.87. The van der Waals surface area contributed by atoms with Crippen LogP contribution in [0, 0.1) is 0 Å².